The van der Waals surface area contributed by atoms with E-state index in [4.69, 9.17) is 0 Å². The van der Waals surface area contributed by atoms with Crippen molar-refractivity contribution in [3.05, 3.63) is 17.8 Å². The maximum Gasteiger partial charge on any atom is 0.339 e. The SMILES string of the molecule is CN1CCN(c2nnccc2C(=O)O)CC1(C)C. The molecule has 0 saturated carbocycles. The smallest absolute Gasteiger partial charge is 0.339 e. The van der Waals surface area contributed by atoms with E-state index in [1.807, 2.05) is 4.90 Å². The van der Waals surface area contributed by atoms with Gasteiger partial charge in [-0.3, -0.25) is 4.90 Å². The summed E-state index contributed by atoms with van der Waals surface area (Å²) in [4.78, 5) is 15.4. The number of carboxylic acids is 1. The topological polar surface area (TPSA) is 69.6 Å². The standard InChI is InChI=1S/C12H18N4O2/c1-12(2)8-16(7-6-15(12)3)10-9(11(17)18)4-5-13-14-10/h4-5H,6-8H2,1-3H3,(H,17,18). The van der Waals surface area contributed by atoms with Gasteiger partial charge in [-0.05, 0) is 27.0 Å². The van der Waals surface area contributed by atoms with Crippen molar-refractivity contribution in [3.8, 4) is 0 Å². The number of aromatic carboxylic acids is 1. The first kappa shape index (κ1) is 12.8. The highest BCUT2D eigenvalue weighted by molar-refractivity contribution is 5.93. The predicted molar refractivity (Wildman–Crippen MR) is 67.9 cm³/mol. The van der Waals surface area contributed by atoms with Gasteiger partial charge in [0.2, 0.25) is 0 Å². The van der Waals surface area contributed by atoms with Crippen LogP contribution in [-0.2, 0) is 0 Å². The third kappa shape index (κ3) is 2.28. The molecule has 0 atom stereocenters. The van der Waals surface area contributed by atoms with E-state index < -0.39 is 5.97 Å². The molecule has 0 amide bonds. The predicted octanol–water partition coefficient (Wildman–Crippen LogP) is 0.705. The molecule has 1 aromatic heterocycles. The normalized spacial score (nSPS) is 19.8. The Kier molecular flexibility index (Phi) is 3.21. The van der Waals surface area contributed by atoms with Crippen molar-refractivity contribution in [1.29, 1.82) is 0 Å². The van der Waals surface area contributed by atoms with Gasteiger partial charge in [0.1, 0.15) is 5.56 Å². The molecule has 1 aliphatic rings. The average Bonchev–Trinajstić information content (AvgIpc) is 2.32. The first-order chi connectivity index (χ1) is 8.42. The van der Waals surface area contributed by atoms with Crippen molar-refractivity contribution in [2.45, 2.75) is 19.4 Å². The van der Waals surface area contributed by atoms with E-state index in [1.165, 1.54) is 12.3 Å². The molecule has 1 aromatic rings. The third-order valence-electron chi connectivity index (χ3n) is 3.55. The van der Waals surface area contributed by atoms with Gasteiger partial charge in [-0.2, -0.15) is 5.10 Å². The fraction of sp³-hybridized carbons (Fsp3) is 0.583. The summed E-state index contributed by atoms with van der Waals surface area (Å²) in [5.74, 6) is -0.497. The first-order valence-corrected chi connectivity index (χ1v) is 5.93. The Morgan fingerprint density at radius 2 is 2.17 bits per heavy atom. The average molecular weight is 250 g/mol. The molecule has 0 radical (unpaired) electrons. The lowest BCUT2D eigenvalue weighted by atomic mass is 9.99. The maximum atomic E-state index is 11.2. The van der Waals surface area contributed by atoms with Crippen LogP contribution in [0.4, 0.5) is 5.82 Å². The van der Waals surface area contributed by atoms with E-state index in [2.05, 4.69) is 36.0 Å². The van der Waals surface area contributed by atoms with Gasteiger partial charge in [-0.25, -0.2) is 4.79 Å². The highest BCUT2D eigenvalue weighted by atomic mass is 16.4. The van der Waals surface area contributed by atoms with Crippen molar-refractivity contribution in [2.24, 2.45) is 0 Å². The van der Waals surface area contributed by atoms with Crippen LogP contribution in [0.15, 0.2) is 12.3 Å². The lowest BCUT2D eigenvalue weighted by Gasteiger charge is -2.45. The molecule has 1 N–H and O–H groups in total. The van der Waals surface area contributed by atoms with Crippen LogP contribution in [0.2, 0.25) is 0 Å². The maximum absolute atomic E-state index is 11.2. The molecule has 6 nitrogen and oxygen atoms in total. The van der Waals surface area contributed by atoms with Crippen molar-refractivity contribution < 1.29 is 9.90 Å². The van der Waals surface area contributed by atoms with Gasteiger partial charge in [0.05, 0.1) is 6.20 Å². The minimum absolute atomic E-state index is 0.00839. The molecule has 2 heterocycles. The summed E-state index contributed by atoms with van der Waals surface area (Å²) in [5, 5.41) is 17.0. The number of anilines is 1. The minimum atomic E-state index is -0.961. The van der Waals surface area contributed by atoms with Gasteiger partial charge in [-0.1, -0.05) is 0 Å². The second-order valence-corrected chi connectivity index (χ2v) is 5.23. The van der Waals surface area contributed by atoms with Crippen LogP contribution in [0.5, 0.6) is 0 Å². The zero-order valence-electron chi connectivity index (χ0n) is 10.9. The highest BCUT2D eigenvalue weighted by Gasteiger charge is 2.33. The Morgan fingerprint density at radius 1 is 1.44 bits per heavy atom. The summed E-state index contributed by atoms with van der Waals surface area (Å²) >= 11 is 0. The zero-order chi connectivity index (χ0) is 13.3. The molecule has 6 heteroatoms. The molecular formula is C12H18N4O2. The quantitative estimate of drug-likeness (QED) is 0.833. The van der Waals surface area contributed by atoms with E-state index >= 15 is 0 Å². The van der Waals surface area contributed by atoms with Gasteiger partial charge >= 0.3 is 5.97 Å². The van der Waals surface area contributed by atoms with Crippen LogP contribution in [0.1, 0.15) is 24.2 Å². The molecule has 2 rings (SSSR count). The summed E-state index contributed by atoms with van der Waals surface area (Å²) in [6.07, 6.45) is 1.41. The Labute approximate surface area is 106 Å². The molecule has 98 valence electrons. The molecular weight excluding hydrogens is 232 g/mol. The fourth-order valence-electron chi connectivity index (χ4n) is 2.15. The largest absolute Gasteiger partial charge is 0.478 e. The van der Waals surface area contributed by atoms with E-state index in [0.717, 1.165) is 19.6 Å². The number of piperazine rings is 1. The van der Waals surface area contributed by atoms with Gasteiger partial charge in [0.15, 0.2) is 5.82 Å². The second-order valence-electron chi connectivity index (χ2n) is 5.23. The lowest BCUT2D eigenvalue weighted by Crippen LogP contribution is -2.58. The Balaban J connectivity index is 2.30. The van der Waals surface area contributed by atoms with Gasteiger partial charge in [0.25, 0.3) is 0 Å². The van der Waals surface area contributed by atoms with E-state index in [9.17, 15) is 9.90 Å². The van der Waals surface area contributed by atoms with Crippen LogP contribution < -0.4 is 4.90 Å². The molecule has 0 spiro atoms. The van der Waals surface area contributed by atoms with Crippen LogP contribution in [-0.4, -0.2) is 58.4 Å². The minimum Gasteiger partial charge on any atom is -0.478 e. The molecule has 18 heavy (non-hydrogen) atoms. The Bertz CT molecular complexity index is 461. The molecule has 0 aliphatic carbocycles. The number of nitrogens with zero attached hydrogens (tertiary/aromatic N) is 4. The third-order valence-corrected chi connectivity index (χ3v) is 3.55. The summed E-state index contributed by atoms with van der Waals surface area (Å²) < 4.78 is 0. The number of aromatic nitrogens is 2. The molecule has 1 aliphatic heterocycles. The molecule has 0 unspecified atom stereocenters. The van der Waals surface area contributed by atoms with Crippen molar-refractivity contribution in [3.63, 3.8) is 0 Å². The van der Waals surface area contributed by atoms with Gasteiger partial charge < -0.3 is 10.0 Å². The van der Waals surface area contributed by atoms with E-state index in [1.54, 1.807) is 0 Å². The highest BCUT2D eigenvalue weighted by Crippen LogP contribution is 2.24. The van der Waals surface area contributed by atoms with Crippen molar-refractivity contribution in [1.82, 2.24) is 15.1 Å². The monoisotopic (exact) mass is 250 g/mol. The number of carboxylic acid groups (broad SMARTS) is 1. The number of likely N-dealkylation sites (N-methyl/N-ethyl adjacent to an activating group) is 1. The molecule has 0 aromatic carbocycles. The summed E-state index contributed by atoms with van der Waals surface area (Å²) in [6, 6.07) is 1.50. The van der Waals surface area contributed by atoms with Gasteiger partial charge in [0, 0.05) is 25.2 Å². The van der Waals surface area contributed by atoms with E-state index in [0.29, 0.717) is 5.82 Å². The Hall–Kier alpha value is -1.69. The van der Waals surface area contributed by atoms with E-state index in [-0.39, 0.29) is 11.1 Å². The summed E-state index contributed by atoms with van der Waals surface area (Å²) in [7, 11) is 2.08. The fourth-order valence-corrected chi connectivity index (χ4v) is 2.15. The molecule has 1 fully saturated rings. The van der Waals surface area contributed by atoms with Gasteiger partial charge in [-0.15, -0.1) is 5.10 Å². The zero-order valence-corrected chi connectivity index (χ0v) is 10.9. The number of carbonyl (C=O) groups is 1. The molecule has 1 saturated heterocycles. The lowest BCUT2D eigenvalue weighted by molar-refractivity contribution is 0.0695. The van der Waals surface area contributed by atoms with Crippen molar-refractivity contribution >= 4 is 11.8 Å². The van der Waals surface area contributed by atoms with Crippen LogP contribution in [0, 0.1) is 0 Å². The van der Waals surface area contributed by atoms with Crippen LogP contribution in [0.25, 0.3) is 0 Å². The number of hydrogen-bond donors (Lipinski definition) is 1. The summed E-state index contributed by atoms with van der Waals surface area (Å²) in [5.41, 5.74) is 0.205. The summed E-state index contributed by atoms with van der Waals surface area (Å²) in [6.45, 7) is 6.65. The van der Waals surface area contributed by atoms with Crippen molar-refractivity contribution in [2.75, 3.05) is 31.6 Å². The Morgan fingerprint density at radius 3 is 2.78 bits per heavy atom. The first-order valence-electron chi connectivity index (χ1n) is 5.93. The second kappa shape index (κ2) is 4.53. The number of hydrogen-bond acceptors (Lipinski definition) is 5. The number of rotatable bonds is 2. The van der Waals surface area contributed by atoms with Crippen LogP contribution in [0.3, 0.4) is 0 Å². The molecule has 0 bridgehead atoms. The van der Waals surface area contributed by atoms with Crippen LogP contribution >= 0.6 is 0 Å².